The summed E-state index contributed by atoms with van der Waals surface area (Å²) in [5.41, 5.74) is 0.0755. The van der Waals surface area contributed by atoms with E-state index < -0.39 is 0 Å². The molecule has 1 N–H and O–H groups in total. The zero-order valence-corrected chi connectivity index (χ0v) is 11.6. The minimum absolute atomic E-state index is 0.0755. The molecule has 0 bridgehead atoms. The molecule has 100 valence electrons. The van der Waals surface area contributed by atoms with Crippen molar-refractivity contribution in [3.8, 4) is 0 Å². The summed E-state index contributed by atoms with van der Waals surface area (Å²) in [6.45, 7) is 6.91. The van der Waals surface area contributed by atoms with E-state index in [9.17, 15) is 5.11 Å². The van der Waals surface area contributed by atoms with Gasteiger partial charge in [-0.3, -0.25) is 4.90 Å². The molecule has 0 aromatic rings. The van der Waals surface area contributed by atoms with Gasteiger partial charge >= 0.3 is 0 Å². The second-order valence-corrected chi connectivity index (χ2v) is 6.05. The molecule has 1 saturated heterocycles. The lowest BCUT2D eigenvalue weighted by molar-refractivity contribution is -0.0446. The molecule has 1 saturated carbocycles. The van der Waals surface area contributed by atoms with Gasteiger partial charge in [-0.15, -0.1) is 0 Å². The molecule has 2 heteroatoms. The molecule has 0 aromatic carbocycles. The maximum absolute atomic E-state index is 10.7. The molecule has 1 aliphatic heterocycles. The summed E-state index contributed by atoms with van der Waals surface area (Å²) in [5.74, 6) is 0.810. The van der Waals surface area contributed by atoms with Crippen LogP contribution in [0, 0.1) is 5.92 Å². The van der Waals surface area contributed by atoms with Crippen molar-refractivity contribution >= 4 is 0 Å². The van der Waals surface area contributed by atoms with Crippen molar-refractivity contribution in [2.75, 3.05) is 13.1 Å². The lowest BCUT2D eigenvalue weighted by Gasteiger charge is -2.46. The van der Waals surface area contributed by atoms with E-state index in [1.54, 1.807) is 0 Å². The fourth-order valence-electron chi connectivity index (χ4n) is 3.81. The Hall–Kier alpha value is -0.0800. The van der Waals surface area contributed by atoms with E-state index in [4.69, 9.17) is 0 Å². The van der Waals surface area contributed by atoms with E-state index in [-0.39, 0.29) is 11.6 Å². The van der Waals surface area contributed by atoms with Crippen LogP contribution in [0.5, 0.6) is 0 Å². The maximum Gasteiger partial charge on any atom is 0.0726 e. The van der Waals surface area contributed by atoms with Crippen molar-refractivity contribution in [3.63, 3.8) is 0 Å². The highest BCUT2D eigenvalue weighted by Crippen LogP contribution is 2.38. The molecule has 2 fully saturated rings. The first-order chi connectivity index (χ1) is 8.23. The molecular weight excluding hydrogens is 210 g/mol. The van der Waals surface area contributed by atoms with E-state index >= 15 is 0 Å². The lowest BCUT2D eigenvalue weighted by atomic mass is 9.75. The van der Waals surface area contributed by atoms with Crippen molar-refractivity contribution in [2.24, 2.45) is 5.92 Å². The topological polar surface area (TPSA) is 23.5 Å². The highest BCUT2D eigenvalue weighted by molar-refractivity contribution is 4.97. The van der Waals surface area contributed by atoms with Gasteiger partial charge in [-0.05, 0) is 51.1 Å². The molecule has 1 aliphatic carbocycles. The first-order valence-electron chi connectivity index (χ1n) is 7.66. The van der Waals surface area contributed by atoms with Gasteiger partial charge in [0.1, 0.15) is 0 Å². The smallest absolute Gasteiger partial charge is 0.0726 e. The molecule has 2 nitrogen and oxygen atoms in total. The molecule has 1 unspecified atom stereocenters. The average Bonchev–Trinajstić information content (AvgIpc) is 2.80. The number of hydrogen-bond donors (Lipinski definition) is 1. The van der Waals surface area contributed by atoms with Crippen LogP contribution in [0.15, 0.2) is 0 Å². The Morgan fingerprint density at radius 3 is 2.12 bits per heavy atom. The molecule has 17 heavy (non-hydrogen) atoms. The number of nitrogens with zero attached hydrogens (tertiary/aromatic N) is 1. The van der Waals surface area contributed by atoms with E-state index in [1.807, 2.05) is 0 Å². The van der Waals surface area contributed by atoms with Gasteiger partial charge in [-0.25, -0.2) is 0 Å². The van der Waals surface area contributed by atoms with E-state index in [1.165, 1.54) is 45.2 Å². The predicted molar refractivity (Wildman–Crippen MR) is 72.1 cm³/mol. The number of aliphatic hydroxyl groups is 1. The summed E-state index contributed by atoms with van der Waals surface area (Å²) in [6, 6.07) is 0. The highest BCUT2D eigenvalue weighted by Gasteiger charge is 2.42. The van der Waals surface area contributed by atoms with Gasteiger partial charge in [0.15, 0.2) is 0 Å². The van der Waals surface area contributed by atoms with Crippen LogP contribution in [-0.2, 0) is 0 Å². The summed E-state index contributed by atoms with van der Waals surface area (Å²) in [4.78, 5) is 2.58. The second kappa shape index (κ2) is 5.71. The minimum atomic E-state index is -0.110. The largest absolute Gasteiger partial charge is 0.391 e. The Morgan fingerprint density at radius 1 is 1.12 bits per heavy atom. The molecule has 2 aliphatic rings. The summed E-state index contributed by atoms with van der Waals surface area (Å²) in [7, 11) is 0. The Balaban J connectivity index is 2.01. The Bertz CT molecular complexity index is 227. The molecule has 0 radical (unpaired) electrons. The van der Waals surface area contributed by atoms with Crippen molar-refractivity contribution in [2.45, 2.75) is 76.9 Å². The van der Waals surface area contributed by atoms with Crippen molar-refractivity contribution in [1.29, 1.82) is 0 Å². The van der Waals surface area contributed by atoms with Gasteiger partial charge in [0, 0.05) is 5.54 Å². The standard InChI is InChI=1S/C15H29NO/c1-3-15(4-2,16-10-5-6-11-16)14(17)12-13-8-7-9-13/h13-14,17H,3-12H2,1-2H3. The van der Waals surface area contributed by atoms with Gasteiger partial charge in [-0.1, -0.05) is 33.1 Å². The number of aliphatic hydroxyl groups excluding tert-OH is 1. The van der Waals surface area contributed by atoms with Crippen LogP contribution in [0.4, 0.5) is 0 Å². The monoisotopic (exact) mass is 239 g/mol. The SMILES string of the molecule is CCC(CC)(C(O)CC1CCC1)N1CCCC1. The predicted octanol–water partition coefficient (Wildman–Crippen LogP) is 3.19. The van der Waals surface area contributed by atoms with Gasteiger partial charge in [0.25, 0.3) is 0 Å². The zero-order valence-electron chi connectivity index (χ0n) is 11.6. The van der Waals surface area contributed by atoms with Crippen LogP contribution in [0.3, 0.4) is 0 Å². The molecule has 1 heterocycles. The number of rotatable bonds is 6. The molecule has 1 atom stereocenters. The number of likely N-dealkylation sites (tertiary alicyclic amines) is 1. The first kappa shape index (κ1) is 13.4. The third-order valence-corrected chi connectivity index (χ3v) is 5.36. The Morgan fingerprint density at radius 2 is 1.71 bits per heavy atom. The van der Waals surface area contributed by atoms with Crippen LogP contribution in [0.2, 0.25) is 0 Å². The van der Waals surface area contributed by atoms with Crippen molar-refractivity contribution in [3.05, 3.63) is 0 Å². The summed E-state index contributed by atoms with van der Waals surface area (Å²) in [6.07, 6.45) is 9.83. The van der Waals surface area contributed by atoms with E-state index in [0.29, 0.717) is 0 Å². The fourth-order valence-corrected chi connectivity index (χ4v) is 3.81. The molecule has 0 spiro atoms. The molecule has 0 aromatic heterocycles. The third-order valence-electron chi connectivity index (χ3n) is 5.36. The maximum atomic E-state index is 10.7. The van der Waals surface area contributed by atoms with Gasteiger partial charge in [-0.2, -0.15) is 0 Å². The number of hydrogen-bond acceptors (Lipinski definition) is 2. The average molecular weight is 239 g/mol. The normalized spacial score (nSPS) is 24.9. The fraction of sp³-hybridized carbons (Fsp3) is 1.00. The van der Waals surface area contributed by atoms with Crippen LogP contribution >= 0.6 is 0 Å². The van der Waals surface area contributed by atoms with Gasteiger partial charge in [0.2, 0.25) is 0 Å². The van der Waals surface area contributed by atoms with Crippen molar-refractivity contribution in [1.82, 2.24) is 4.90 Å². The first-order valence-corrected chi connectivity index (χ1v) is 7.66. The van der Waals surface area contributed by atoms with Crippen LogP contribution in [0.25, 0.3) is 0 Å². The summed E-state index contributed by atoms with van der Waals surface area (Å²) in [5, 5.41) is 10.7. The highest BCUT2D eigenvalue weighted by atomic mass is 16.3. The molecule has 0 amide bonds. The van der Waals surface area contributed by atoms with Gasteiger partial charge in [0.05, 0.1) is 6.10 Å². The molecular formula is C15H29NO. The van der Waals surface area contributed by atoms with E-state index in [0.717, 1.165) is 25.2 Å². The van der Waals surface area contributed by atoms with E-state index in [2.05, 4.69) is 18.7 Å². The van der Waals surface area contributed by atoms with Gasteiger partial charge < -0.3 is 5.11 Å². The Kier molecular flexibility index (Phi) is 4.48. The summed E-state index contributed by atoms with van der Waals surface area (Å²) < 4.78 is 0. The lowest BCUT2D eigenvalue weighted by Crippen LogP contribution is -2.55. The summed E-state index contributed by atoms with van der Waals surface area (Å²) >= 11 is 0. The van der Waals surface area contributed by atoms with Crippen LogP contribution in [-0.4, -0.2) is 34.7 Å². The van der Waals surface area contributed by atoms with Crippen LogP contribution < -0.4 is 0 Å². The van der Waals surface area contributed by atoms with Crippen molar-refractivity contribution < 1.29 is 5.11 Å². The Labute approximate surface area is 106 Å². The van der Waals surface area contributed by atoms with Crippen LogP contribution in [0.1, 0.15) is 65.2 Å². The quantitative estimate of drug-likeness (QED) is 0.769. The second-order valence-electron chi connectivity index (χ2n) is 6.05. The minimum Gasteiger partial charge on any atom is -0.391 e. The zero-order chi connectivity index (χ0) is 12.3. The third kappa shape index (κ3) is 2.53. The molecule has 2 rings (SSSR count).